The first-order chi connectivity index (χ1) is 4.18. The summed E-state index contributed by atoms with van der Waals surface area (Å²) in [6, 6.07) is 0. The van der Waals surface area contributed by atoms with E-state index in [-0.39, 0.29) is 0 Å². The lowest BCUT2D eigenvalue weighted by atomic mass is 11.0. The Balaban J connectivity index is 3.78. The molecule has 1 unspecified atom stereocenters. The van der Waals surface area contributed by atoms with E-state index in [1.54, 1.807) is 6.26 Å². The molecule has 0 aliphatic rings. The van der Waals surface area contributed by atoms with Crippen molar-refractivity contribution in [3.63, 3.8) is 0 Å². The van der Waals surface area contributed by atoms with Gasteiger partial charge < -0.3 is 4.52 Å². The van der Waals surface area contributed by atoms with Gasteiger partial charge >= 0.3 is 5.77 Å². The Bertz CT molecular complexity index is 109. The molecule has 0 bridgehead atoms. The van der Waals surface area contributed by atoms with E-state index in [2.05, 4.69) is 0 Å². The van der Waals surface area contributed by atoms with Crippen LogP contribution in [0.5, 0.6) is 0 Å². The van der Waals surface area contributed by atoms with Crippen molar-refractivity contribution in [2.24, 2.45) is 0 Å². The third-order valence-electron chi connectivity index (χ3n) is 0.734. The van der Waals surface area contributed by atoms with Crippen molar-refractivity contribution in [1.29, 1.82) is 0 Å². The van der Waals surface area contributed by atoms with Gasteiger partial charge in [-0.05, 0) is 6.26 Å². The van der Waals surface area contributed by atoms with E-state index in [9.17, 15) is 4.57 Å². The first kappa shape index (κ1) is 9.89. The monoisotopic (exact) mass is 186 g/mol. The van der Waals surface area contributed by atoms with Crippen molar-refractivity contribution < 1.29 is 9.09 Å². The largest absolute Gasteiger partial charge is 0.317 e. The molecule has 0 amide bonds. The van der Waals surface area contributed by atoms with Gasteiger partial charge in [0.25, 0.3) is 0 Å². The van der Waals surface area contributed by atoms with Gasteiger partial charge in [0.15, 0.2) is 0 Å². The van der Waals surface area contributed by atoms with E-state index in [1.165, 1.54) is 29.9 Å². The summed E-state index contributed by atoms with van der Waals surface area (Å²) >= 11 is 2.67. The number of hydrogen-bond donors (Lipinski definition) is 0. The average molecular weight is 186 g/mol. The topological polar surface area (TPSA) is 26.3 Å². The molecule has 0 heterocycles. The lowest BCUT2D eigenvalue weighted by Gasteiger charge is -2.09. The van der Waals surface area contributed by atoms with Gasteiger partial charge in [-0.2, -0.15) is 0 Å². The molecule has 0 aliphatic carbocycles. The molecule has 0 aliphatic heterocycles. The molecule has 0 aromatic rings. The molecule has 5 heteroatoms. The predicted octanol–water partition coefficient (Wildman–Crippen LogP) is 2.86. The first-order valence-corrected chi connectivity index (χ1v) is 7.59. The normalized spacial score (nSPS) is 17.2. The van der Waals surface area contributed by atoms with Gasteiger partial charge in [0, 0.05) is 12.9 Å². The number of rotatable bonds is 4. The molecule has 0 rings (SSSR count). The summed E-state index contributed by atoms with van der Waals surface area (Å²) in [5.74, 6) is -1.51. The molecule has 1 atom stereocenters. The van der Waals surface area contributed by atoms with Crippen LogP contribution in [-0.4, -0.2) is 19.1 Å². The highest BCUT2D eigenvalue weighted by molar-refractivity contribution is 8.89. The molecular weight excluding hydrogens is 175 g/mol. The van der Waals surface area contributed by atoms with Crippen LogP contribution in [0.3, 0.4) is 0 Å². The fourth-order valence-corrected chi connectivity index (χ4v) is 4.94. The van der Waals surface area contributed by atoms with Gasteiger partial charge in [0.05, 0.1) is 0 Å². The van der Waals surface area contributed by atoms with Gasteiger partial charge in [-0.15, -0.1) is 0 Å². The molecule has 0 fully saturated rings. The minimum Gasteiger partial charge on any atom is -0.317 e. The van der Waals surface area contributed by atoms with Crippen LogP contribution in [0.15, 0.2) is 0 Å². The third-order valence-corrected chi connectivity index (χ3v) is 8.45. The van der Waals surface area contributed by atoms with Crippen LogP contribution in [0.4, 0.5) is 0 Å². The summed E-state index contributed by atoms with van der Waals surface area (Å²) in [5.41, 5.74) is 0. The Morgan fingerprint density at radius 1 is 1.67 bits per heavy atom. The smallest absolute Gasteiger partial charge is 0.312 e. The van der Waals surface area contributed by atoms with Crippen LogP contribution in [-0.2, 0) is 9.09 Å². The van der Waals surface area contributed by atoms with E-state index in [1.807, 2.05) is 6.92 Å². The standard InChI is InChI=1S/C4H11O2PS2/c1-4-9-7(5,6-2)8-3/h4H2,1-3H3. The molecule has 2 nitrogen and oxygen atoms in total. The maximum atomic E-state index is 11.3. The van der Waals surface area contributed by atoms with Gasteiger partial charge in [-0.1, -0.05) is 29.7 Å². The number of hydrogen-bond acceptors (Lipinski definition) is 4. The SMILES string of the molecule is CCSP(=O)(OC)SC. The molecule has 56 valence electrons. The fraction of sp³-hybridized carbons (Fsp3) is 1.00. The molecule has 0 N–H and O–H groups in total. The summed E-state index contributed by atoms with van der Waals surface area (Å²) in [6.45, 7) is 1.96. The highest BCUT2D eigenvalue weighted by Crippen LogP contribution is 2.67. The molecule has 0 saturated carbocycles. The Kier molecular flexibility index (Phi) is 5.13. The Morgan fingerprint density at radius 3 is 2.33 bits per heavy atom. The second-order valence-corrected chi connectivity index (χ2v) is 9.14. The van der Waals surface area contributed by atoms with E-state index < -0.39 is 5.77 Å². The van der Waals surface area contributed by atoms with Gasteiger partial charge in [0.2, 0.25) is 0 Å². The minimum atomic E-state index is -2.35. The van der Waals surface area contributed by atoms with Crippen LogP contribution in [0.1, 0.15) is 6.92 Å². The van der Waals surface area contributed by atoms with Crippen molar-refractivity contribution in [2.45, 2.75) is 6.92 Å². The van der Waals surface area contributed by atoms with E-state index in [0.29, 0.717) is 0 Å². The summed E-state index contributed by atoms with van der Waals surface area (Å²) in [4.78, 5) is 0. The highest BCUT2D eigenvalue weighted by atomic mass is 33.1. The maximum absolute atomic E-state index is 11.3. The minimum absolute atomic E-state index is 0.839. The summed E-state index contributed by atoms with van der Waals surface area (Å²) in [5, 5.41) is 0. The summed E-state index contributed by atoms with van der Waals surface area (Å²) in [6.07, 6.45) is 1.80. The van der Waals surface area contributed by atoms with Gasteiger partial charge in [-0.25, -0.2) is 0 Å². The van der Waals surface area contributed by atoms with Crippen LogP contribution in [0.25, 0.3) is 0 Å². The molecule has 9 heavy (non-hydrogen) atoms. The Hall–Kier alpha value is 0.890. The second kappa shape index (κ2) is 4.67. The van der Waals surface area contributed by atoms with Gasteiger partial charge in [-0.3, -0.25) is 4.57 Å². The van der Waals surface area contributed by atoms with E-state index in [0.717, 1.165) is 5.75 Å². The second-order valence-electron chi connectivity index (χ2n) is 1.23. The molecule has 0 saturated heterocycles. The fourth-order valence-electron chi connectivity index (χ4n) is 0.338. The third kappa shape index (κ3) is 3.56. The highest BCUT2D eigenvalue weighted by Gasteiger charge is 2.18. The molecule has 0 spiro atoms. The van der Waals surface area contributed by atoms with Crippen LogP contribution >= 0.6 is 28.5 Å². The molecule has 0 radical (unpaired) electrons. The van der Waals surface area contributed by atoms with Gasteiger partial charge in [0.1, 0.15) is 0 Å². The summed E-state index contributed by atoms with van der Waals surface area (Å²) < 4.78 is 16.1. The zero-order valence-corrected chi connectivity index (χ0v) is 8.31. The van der Waals surface area contributed by atoms with Crippen LogP contribution in [0, 0.1) is 0 Å². The summed E-state index contributed by atoms with van der Waals surface area (Å²) in [7, 11) is 1.49. The van der Waals surface area contributed by atoms with E-state index >= 15 is 0 Å². The lowest BCUT2D eigenvalue weighted by molar-refractivity contribution is 0.424. The molecule has 0 aromatic heterocycles. The molecular formula is C4H11O2PS2. The van der Waals surface area contributed by atoms with Crippen LogP contribution < -0.4 is 0 Å². The Labute approximate surface area is 64.1 Å². The van der Waals surface area contributed by atoms with Crippen molar-refractivity contribution in [3.8, 4) is 0 Å². The quantitative estimate of drug-likeness (QED) is 0.631. The Morgan fingerprint density at radius 2 is 2.22 bits per heavy atom. The molecule has 0 aromatic carbocycles. The lowest BCUT2D eigenvalue weighted by Crippen LogP contribution is -1.73. The average Bonchev–Trinajstić information content (AvgIpc) is 1.89. The van der Waals surface area contributed by atoms with Crippen molar-refractivity contribution >= 4 is 28.5 Å². The predicted molar refractivity (Wildman–Crippen MR) is 46.3 cm³/mol. The van der Waals surface area contributed by atoms with Crippen molar-refractivity contribution in [1.82, 2.24) is 0 Å². The van der Waals surface area contributed by atoms with Crippen LogP contribution in [0.2, 0.25) is 0 Å². The zero-order valence-electron chi connectivity index (χ0n) is 5.79. The first-order valence-electron chi connectivity index (χ1n) is 2.54. The maximum Gasteiger partial charge on any atom is 0.312 e. The van der Waals surface area contributed by atoms with E-state index in [4.69, 9.17) is 4.52 Å². The van der Waals surface area contributed by atoms with Crippen molar-refractivity contribution in [2.75, 3.05) is 19.1 Å². The zero-order chi connectivity index (χ0) is 7.33. The van der Waals surface area contributed by atoms with Crippen molar-refractivity contribution in [3.05, 3.63) is 0 Å².